The molecule has 0 amide bonds. The number of rotatable bonds is 4. The molecule has 0 N–H and O–H groups in total. The lowest BCUT2D eigenvalue weighted by atomic mass is 10.1. The molecule has 0 fully saturated rings. The van der Waals surface area contributed by atoms with Gasteiger partial charge in [0, 0.05) is 11.2 Å². The van der Waals surface area contributed by atoms with E-state index in [1.165, 1.54) is 18.4 Å². The molecule has 5 heteroatoms. The van der Waals surface area contributed by atoms with E-state index in [1.54, 1.807) is 30.5 Å². The van der Waals surface area contributed by atoms with Gasteiger partial charge in [0.05, 0.1) is 28.1 Å². The van der Waals surface area contributed by atoms with Crippen LogP contribution in [0.5, 0.6) is 5.75 Å². The zero-order valence-electron chi connectivity index (χ0n) is 11.7. The van der Waals surface area contributed by atoms with Crippen molar-refractivity contribution in [1.82, 2.24) is 4.98 Å². The Labute approximate surface area is 137 Å². The number of carbonyl (C=O) groups is 1. The molecular weight excluding hydrogens is 318 g/mol. The molecule has 0 spiro atoms. The Morgan fingerprint density at radius 3 is 2.77 bits per heavy atom. The first kappa shape index (κ1) is 14.8. The van der Waals surface area contributed by atoms with Crippen molar-refractivity contribution in [3.05, 3.63) is 70.2 Å². The molecule has 2 aromatic heterocycles. The Kier molecular flexibility index (Phi) is 4.22. The number of carbonyl (C=O) groups excluding carboxylic acids is 1. The summed E-state index contributed by atoms with van der Waals surface area (Å²) in [6.45, 7) is 0. The third-order valence-corrected chi connectivity index (χ3v) is 4.49. The maximum Gasteiger partial charge on any atom is 0.206 e. The second kappa shape index (κ2) is 6.30. The van der Waals surface area contributed by atoms with Gasteiger partial charge in [0.25, 0.3) is 0 Å². The van der Waals surface area contributed by atoms with Gasteiger partial charge in [0.2, 0.25) is 5.78 Å². The number of methoxy groups -OCH3 is 1. The van der Waals surface area contributed by atoms with Crippen LogP contribution in [0.15, 0.2) is 54.7 Å². The largest absolute Gasteiger partial charge is 0.496 e. The monoisotopic (exact) mass is 329 g/mol. The molecule has 0 aliphatic rings. The SMILES string of the molecule is COc1ccc(Cl)cc1C(=O)c1ccc(-c2ccccn2)s1. The molecule has 2 heterocycles. The number of halogens is 1. The Hall–Kier alpha value is -2.17. The van der Waals surface area contributed by atoms with Crippen molar-refractivity contribution in [3.63, 3.8) is 0 Å². The highest BCUT2D eigenvalue weighted by Crippen LogP contribution is 2.31. The van der Waals surface area contributed by atoms with Crippen LogP contribution < -0.4 is 4.74 Å². The molecule has 110 valence electrons. The fourth-order valence-corrected chi connectivity index (χ4v) is 3.21. The first-order valence-corrected chi connectivity index (χ1v) is 7.78. The average molecular weight is 330 g/mol. The van der Waals surface area contributed by atoms with E-state index in [1.807, 2.05) is 24.3 Å². The maximum absolute atomic E-state index is 12.7. The molecule has 0 atom stereocenters. The first-order valence-electron chi connectivity index (χ1n) is 6.58. The van der Waals surface area contributed by atoms with Crippen molar-refractivity contribution >= 4 is 28.7 Å². The van der Waals surface area contributed by atoms with Crippen molar-refractivity contribution in [1.29, 1.82) is 0 Å². The fourth-order valence-electron chi connectivity index (χ4n) is 2.10. The summed E-state index contributed by atoms with van der Waals surface area (Å²) in [5.74, 6) is 0.411. The maximum atomic E-state index is 12.7. The summed E-state index contributed by atoms with van der Waals surface area (Å²) in [5, 5.41) is 0.505. The van der Waals surface area contributed by atoms with Gasteiger partial charge < -0.3 is 4.74 Å². The lowest BCUT2D eigenvalue weighted by Gasteiger charge is -2.06. The van der Waals surface area contributed by atoms with E-state index in [-0.39, 0.29) is 5.78 Å². The summed E-state index contributed by atoms with van der Waals surface area (Å²) < 4.78 is 5.25. The molecule has 0 aliphatic carbocycles. The lowest BCUT2D eigenvalue weighted by Crippen LogP contribution is -2.01. The highest BCUT2D eigenvalue weighted by molar-refractivity contribution is 7.17. The van der Waals surface area contributed by atoms with Gasteiger partial charge in [-0.2, -0.15) is 0 Å². The Bertz CT molecular complexity index is 815. The molecule has 0 saturated carbocycles. The predicted octanol–water partition coefficient (Wildman–Crippen LogP) is 4.70. The summed E-state index contributed by atoms with van der Waals surface area (Å²) in [7, 11) is 1.54. The van der Waals surface area contributed by atoms with E-state index in [0.29, 0.717) is 21.2 Å². The predicted molar refractivity (Wildman–Crippen MR) is 89.0 cm³/mol. The number of nitrogens with zero attached hydrogens (tertiary/aromatic N) is 1. The van der Waals surface area contributed by atoms with Gasteiger partial charge in [0.1, 0.15) is 5.75 Å². The minimum atomic E-state index is -0.105. The van der Waals surface area contributed by atoms with Crippen LogP contribution in [0.2, 0.25) is 5.02 Å². The van der Waals surface area contributed by atoms with Crippen LogP contribution in [0.4, 0.5) is 0 Å². The molecule has 3 aromatic rings. The molecule has 0 bridgehead atoms. The quantitative estimate of drug-likeness (QED) is 0.651. The number of ketones is 1. The molecule has 1 aromatic carbocycles. The molecule has 3 nitrogen and oxygen atoms in total. The van der Waals surface area contributed by atoms with E-state index < -0.39 is 0 Å². The topological polar surface area (TPSA) is 39.2 Å². The van der Waals surface area contributed by atoms with Crippen LogP contribution >= 0.6 is 22.9 Å². The van der Waals surface area contributed by atoms with Crippen LogP contribution in [-0.2, 0) is 0 Å². The number of benzene rings is 1. The van der Waals surface area contributed by atoms with Crippen molar-refractivity contribution in [3.8, 4) is 16.3 Å². The summed E-state index contributed by atoms with van der Waals surface area (Å²) in [6, 6.07) is 14.4. The van der Waals surface area contributed by atoms with E-state index in [4.69, 9.17) is 16.3 Å². The number of pyridine rings is 1. The zero-order valence-corrected chi connectivity index (χ0v) is 13.3. The van der Waals surface area contributed by atoms with Crippen LogP contribution in [0, 0.1) is 0 Å². The number of hydrogen-bond acceptors (Lipinski definition) is 4. The minimum absolute atomic E-state index is 0.105. The summed E-state index contributed by atoms with van der Waals surface area (Å²) >= 11 is 7.40. The molecule has 0 radical (unpaired) electrons. The van der Waals surface area contributed by atoms with Gasteiger partial charge in [0.15, 0.2) is 0 Å². The van der Waals surface area contributed by atoms with Crippen LogP contribution in [0.3, 0.4) is 0 Å². The first-order chi connectivity index (χ1) is 10.7. The highest BCUT2D eigenvalue weighted by Gasteiger charge is 2.17. The van der Waals surface area contributed by atoms with Gasteiger partial charge in [-0.3, -0.25) is 9.78 Å². The van der Waals surface area contributed by atoms with Crippen molar-refractivity contribution in [2.75, 3.05) is 7.11 Å². The molecular formula is C17H12ClNO2S. The standard InChI is InChI=1S/C17H12ClNO2S/c1-21-14-6-5-11(18)10-12(14)17(20)16-8-7-15(22-16)13-4-2-3-9-19-13/h2-10H,1H3. The van der Waals surface area contributed by atoms with Crippen LogP contribution in [0.25, 0.3) is 10.6 Å². The number of thiophene rings is 1. The number of ether oxygens (including phenoxy) is 1. The van der Waals surface area contributed by atoms with Gasteiger partial charge in [-0.1, -0.05) is 17.7 Å². The van der Waals surface area contributed by atoms with Gasteiger partial charge >= 0.3 is 0 Å². The molecule has 0 aliphatic heterocycles. The minimum Gasteiger partial charge on any atom is -0.496 e. The van der Waals surface area contributed by atoms with E-state index in [2.05, 4.69) is 4.98 Å². The third-order valence-electron chi connectivity index (χ3n) is 3.15. The molecule has 0 saturated heterocycles. The second-order valence-corrected chi connectivity index (χ2v) is 6.07. The normalized spacial score (nSPS) is 10.5. The summed E-state index contributed by atoms with van der Waals surface area (Å²) in [4.78, 5) is 18.5. The number of hydrogen-bond donors (Lipinski definition) is 0. The van der Waals surface area contributed by atoms with E-state index in [0.717, 1.165) is 10.6 Å². The van der Waals surface area contributed by atoms with Crippen LogP contribution in [-0.4, -0.2) is 17.9 Å². The Balaban J connectivity index is 1.97. The van der Waals surface area contributed by atoms with E-state index in [9.17, 15) is 4.79 Å². The zero-order chi connectivity index (χ0) is 15.5. The summed E-state index contributed by atoms with van der Waals surface area (Å²) in [5.41, 5.74) is 1.31. The Morgan fingerprint density at radius 1 is 1.18 bits per heavy atom. The smallest absolute Gasteiger partial charge is 0.206 e. The Morgan fingerprint density at radius 2 is 2.05 bits per heavy atom. The van der Waals surface area contributed by atoms with Gasteiger partial charge in [-0.25, -0.2) is 0 Å². The molecule has 0 unspecified atom stereocenters. The van der Waals surface area contributed by atoms with Crippen molar-refractivity contribution in [2.24, 2.45) is 0 Å². The van der Waals surface area contributed by atoms with Crippen molar-refractivity contribution < 1.29 is 9.53 Å². The number of aromatic nitrogens is 1. The molecule has 3 rings (SSSR count). The fraction of sp³-hybridized carbons (Fsp3) is 0.0588. The second-order valence-electron chi connectivity index (χ2n) is 4.55. The lowest BCUT2D eigenvalue weighted by molar-refractivity contribution is 0.103. The summed E-state index contributed by atoms with van der Waals surface area (Å²) in [6.07, 6.45) is 1.73. The van der Waals surface area contributed by atoms with E-state index >= 15 is 0 Å². The molecule has 22 heavy (non-hydrogen) atoms. The van der Waals surface area contributed by atoms with Gasteiger partial charge in [-0.15, -0.1) is 11.3 Å². The average Bonchev–Trinajstić information content (AvgIpc) is 3.05. The van der Waals surface area contributed by atoms with Gasteiger partial charge in [-0.05, 0) is 42.5 Å². The third kappa shape index (κ3) is 2.89. The highest BCUT2D eigenvalue weighted by atomic mass is 35.5. The van der Waals surface area contributed by atoms with Crippen LogP contribution in [0.1, 0.15) is 15.2 Å². The van der Waals surface area contributed by atoms with Crippen molar-refractivity contribution in [2.45, 2.75) is 0 Å².